The molecule has 0 aromatic carbocycles. The number of carbonyl (C=O) groups is 1. The third kappa shape index (κ3) is 3.10. The topological polar surface area (TPSA) is 63.1 Å². The van der Waals surface area contributed by atoms with Gasteiger partial charge in [-0.05, 0) is 15.9 Å². The summed E-state index contributed by atoms with van der Waals surface area (Å²) in [6.07, 6.45) is 3.28. The highest BCUT2D eigenvalue weighted by Crippen LogP contribution is 2.15. The van der Waals surface area contributed by atoms with Gasteiger partial charge in [0.15, 0.2) is 0 Å². The standard InChI is InChI=1S/C8H9BrN2O2/c1-5(2-7(12)13)8-10-3-6(9)4-11-8/h3-5H,2H2,1H3,(H,12,13). The van der Waals surface area contributed by atoms with Gasteiger partial charge in [-0.2, -0.15) is 0 Å². The molecule has 0 aliphatic carbocycles. The summed E-state index contributed by atoms with van der Waals surface area (Å²) in [5.74, 6) is -0.421. The van der Waals surface area contributed by atoms with Crippen LogP contribution in [0.25, 0.3) is 0 Å². The summed E-state index contributed by atoms with van der Waals surface area (Å²) in [6, 6.07) is 0. The first-order valence-corrected chi connectivity index (χ1v) is 4.58. The Morgan fingerprint density at radius 2 is 2.15 bits per heavy atom. The molecule has 0 radical (unpaired) electrons. The summed E-state index contributed by atoms with van der Waals surface area (Å²) in [5.41, 5.74) is 0. The van der Waals surface area contributed by atoms with E-state index in [9.17, 15) is 4.79 Å². The van der Waals surface area contributed by atoms with E-state index in [-0.39, 0.29) is 12.3 Å². The van der Waals surface area contributed by atoms with E-state index in [4.69, 9.17) is 5.11 Å². The molecule has 4 nitrogen and oxygen atoms in total. The van der Waals surface area contributed by atoms with Gasteiger partial charge in [-0.3, -0.25) is 4.79 Å². The monoisotopic (exact) mass is 244 g/mol. The van der Waals surface area contributed by atoms with Crippen molar-refractivity contribution in [1.29, 1.82) is 0 Å². The number of hydrogen-bond donors (Lipinski definition) is 1. The zero-order valence-corrected chi connectivity index (χ0v) is 8.65. The molecule has 5 heteroatoms. The van der Waals surface area contributed by atoms with Crippen molar-refractivity contribution in [2.45, 2.75) is 19.3 Å². The summed E-state index contributed by atoms with van der Waals surface area (Å²) >= 11 is 3.20. The second-order valence-electron chi connectivity index (χ2n) is 2.76. The quantitative estimate of drug-likeness (QED) is 0.882. The fourth-order valence-corrected chi connectivity index (χ4v) is 1.13. The van der Waals surface area contributed by atoms with E-state index in [1.54, 1.807) is 19.3 Å². The van der Waals surface area contributed by atoms with Crippen LogP contribution in [0.5, 0.6) is 0 Å². The van der Waals surface area contributed by atoms with E-state index in [0.29, 0.717) is 5.82 Å². The van der Waals surface area contributed by atoms with E-state index in [1.807, 2.05) is 0 Å². The molecule has 0 saturated heterocycles. The zero-order chi connectivity index (χ0) is 9.84. The highest BCUT2D eigenvalue weighted by atomic mass is 79.9. The van der Waals surface area contributed by atoms with E-state index in [2.05, 4.69) is 25.9 Å². The number of nitrogens with zero attached hydrogens (tertiary/aromatic N) is 2. The first kappa shape index (κ1) is 10.1. The molecule has 1 N–H and O–H groups in total. The summed E-state index contributed by atoms with van der Waals surface area (Å²) in [4.78, 5) is 18.4. The molecule has 1 aromatic heterocycles. The minimum absolute atomic E-state index is 0.0572. The maximum absolute atomic E-state index is 10.4. The van der Waals surface area contributed by atoms with Gasteiger partial charge in [0.05, 0.1) is 10.9 Å². The average molecular weight is 245 g/mol. The Balaban J connectivity index is 2.71. The molecule has 0 saturated carbocycles. The second-order valence-corrected chi connectivity index (χ2v) is 3.67. The molecular weight excluding hydrogens is 236 g/mol. The lowest BCUT2D eigenvalue weighted by atomic mass is 10.1. The van der Waals surface area contributed by atoms with Crippen molar-refractivity contribution in [2.24, 2.45) is 0 Å². The molecule has 1 rings (SSSR count). The molecule has 1 unspecified atom stereocenters. The lowest BCUT2D eigenvalue weighted by molar-refractivity contribution is -0.137. The highest BCUT2D eigenvalue weighted by Gasteiger charge is 2.12. The number of carboxylic acid groups (broad SMARTS) is 1. The van der Waals surface area contributed by atoms with Crippen LogP contribution >= 0.6 is 15.9 Å². The summed E-state index contributed by atoms with van der Waals surface area (Å²) < 4.78 is 0.791. The average Bonchev–Trinajstić information content (AvgIpc) is 2.04. The summed E-state index contributed by atoms with van der Waals surface area (Å²) in [7, 11) is 0. The molecule has 0 amide bonds. The largest absolute Gasteiger partial charge is 0.481 e. The highest BCUT2D eigenvalue weighted by molar-refractivity contribution is 9.10. The first-order valence-electron chi connectivity index (χ1n) is 3.79. The van der Waals surface area contributed by atoms with Crippen LogP contribution in [0.2, 0.25) is 0 Å². The molecule has 1 atom stereocenters. The number of halogens is 1. The van der Waals surface area contributed by atoms with Crippen molar-refractivity contribution in [2.75, 3.05) is 0 Å². The van der Waals surface area contributed by atoms with Gasteiger partial charge in [0, 0.05) is 18.3 Å². The van der Waals surface area contributed by atoms with Crippen molar-refractivity contribution < 1.29 is 9.90 Å². The van der Waals surface area contributed by atoms with Crippen LogP contribution in [0.3, 0.4) is 0 Å². The number of rotatable bonds is 3. The lowest BCUT2D eigenvalue weighted by Crippen LogP contribution is -2.06. The minimum atomic E-state index is -0.834. The van der Waals surface area contributed by atoms with E-state index in [0.717, 1.165) is 4.47 Å². The Bertz CT molecular complexity index is 300. The number of carboxylic acids is 1. The maximum Gasteiger partial charge on any atom is 0.304 e. The fourth-order valence-electron chi connectivity index (χ4n) is 0.930. The molecular formula is C8H9BrN2O2. The van der Waals surface area contributed by atoms with Gasteiger partial charge in [0.25, 0.3) is 0 Å². The van der Waals surface area contributed by atoms with Crippen LogP contribution in [0.1, 0.15) is 25.1 Å². The summed E-state index contributed by atoms with van der Waals surface area (Å²) in [6.45, 7) is 1.79. The van der Waals surface area contributed by atoms with Gasteiger partial charge < -0.3 is 5.11 Å². The predicted molar refractivity (Wildman–Crippen MR) is 50.4 cm³/mol. The second kappa shape index (κ2) is 4.32. The molecule has 0 bridgehead atoms. The molecule has 0 spiro atoms. The smallest absolute Gasteiger partial charge is 0.304 e. The third-order valence-electron chi connectivity index (χ3n) is 1.56. The van der Waals surface area contributed by atoms with Crippen LogP contribution < -0.4 is 0 Å². The zero-order valence-electron chi connectivity index (χ0n) is 7.07. The third-order valence-corrected chi connectivity index (χ3v) is 1.97. The molecule has 0 fully saturated rings. The van der Waals surface area contributed by atoms with Crippen LogP contribution in [-0.2, 0) is 4.79 Å². The maximum atomic E-state index is 10.4. The molecule has 1 heterocycles. The predicted octanol–water partition coefficient (Wildman–Crippen LogP) is 1.82. The van der Waals surface area contributed by atoms with Crippen molar-refractivity contribution >= 4 is 21.9 Å². The van der Waals surface area contributed by atoms with Crippen LogP contribution in [0, 0.1) is 0 Å². The van der Waals surface area contributed by atoms with Crippen molar-refractivity contribution in [3.8, 4) is 0 Å². The van der Waals surface area contributed by atoms with Gasteiger partial charge >= 0.3 is 5.97 Å². The number of hydrogen-bond acceptors (Lipinski definition) is 3. The van der Waals surface area contributed by atoms with Crippen LogP contribution in [0.4, 0.5) is 0 Å². The fraction of sp³-hybridized carbons (Fsp3) is 0.375. The van der Waals surface area contributed by atoms with Gasteiger partial charge in [0.1, 0.15) is 5.82 Å². The number of aromatic nitrogens is 2. The van der Waals surface area contributed by atoms with Gasteiger partial charge in [0.2, 0.25) is 0 Å². The molecule has 0 aliphatic rings. The van der Waals surface area contributed by atoms with Gasteiger partial charge in [-0.15, -0.1) is 0 Å². The Morgan fingerprint density at radius 3 is 2.62 bits per heavy atom. The molecule has 70 valence electrons. The van der Waals surface area contributed by atoms with Gasteiger partial charge in [-0.25, -0.2) is 9.97 Å². The van der Waals surface area contributed by atoms with Crippen LogP contribution in [-0.4, -0.2) is 21.0 Å². The Hall–Kier alpha value is -0.970. The van der Waals surface area contributed by atoms with E-state index < -0.39 is 5.97 Å². The lowest BCUT2D eigenvalue weighted by Gasteiger charge is -2.05. The Morgan fingerprint density at radius 1 is 1.62 bits per heavy atom. The van der Waals surface area contributed by atoms with Crippen molar-refractivity contribution in [1.82, 2.24) is 9.97 Å². The Kier molecular flexibility index (Phi) is 3.36. The van der Waals surface area contributed by atoms with Gasteiger partial charge in [-0.1, -0.05) is 6.92 Å². The first-order chi connectivity index (χ1) is 6.09. The Labute approximate surface area is 84.2 Å². The van der Waals surface area contributed by atoms with Crippen molar-refractivity contribution in [3.63, 3.8) is 0 Å². The van der Waals surface area contributed by atoms with E-state index >= 15 is 0 Å². The SMILES string of the molecule is CC(CC(=O)O)c1ncc(Br)cn1. The van der Waals surface area contributed by atoms with E-state index in [1.165, 1.54) is 0 Å². The van der Waals surface area contributed by atoms with Crippen molar-refractivity contribution in [3.05, 3.63) is 22.7 Å². The summed E-state index contributed by atoms with van der Waals surface area (Å²) in [5, 5.41) is 8.53. The normalized spacial score (nSPS) is 12.5. The molecule has 13 heavy (non-hydrogen) atoms. The number of aliphatic carboxylic acids is 1. The minimum Gasteiger partial charge on any atom is -0.481 e. The van der Waals surface area contributed by atoms with Crippen LogP contribution in [0.15, 0.2) is 16.9 Å². The molecule has 0 aliphatic heterocycles. The molecule has 1 aromatic rings.